The second-order valence-electron chi connectivity index (χ2n) is 8.05. The van der Waals surface area contributed by atoms with Gasteiger partial charge in [-0.05, 0) is 46.2 Å². The number of hydrogen-bond donors (Lipinski definition) is 3. The molecule has 3 N–H and O–H groups in total. The maximum Gasteiger partial charge on any atom is 0.324 e. The average molecular weight is 540 g/mol. The lowest BCUT2D eigenvalue weighted by Gasteiger charge is -2.20. The van der Waals surface area contributed by atoms with E-state index in [0.29, 0.717) is 35.9 Å². The van der Waals surface area contributed by atoms with E-state index in [1.165, 1.54) is 11.3 Å². The smallest absolute Gasteiger partial charge is 0.324 e. The van der Waals surface area contributed by atoms with E-state index in [1.54, 1.807) is 4.90 Å². The van der Waals surface area contributed by atoms with Crippen molar-refractivity contribution in [3.8, 4) is 0 Å². The summed E-state index contributed by atoms with van der Waals surface area (Å²) in [5.74, 6) is -0.232. The van der Waals surface area contributed by atoms with Crippen molar-refractivity contribution >= 4 is 62.5 Å². The Hall–Kier alpha value is -2.14. The summed E-state index contributed by atoms with van der Waals surface area (Å²) in [6.45, 7) is 7.43. The van der Waals surface area contributed by atoms with Crippen molar-refractivity contribution in [1.29, 1.82) is 0 Å². The molecule has 2 heterocycles. The lowest BCUT2D eigenvalue weighted by molar-refractivity contribution is -0.120. The normalized spacial score (nSPS) is 14.7. The molecule has 1 saturated heterocycles. The molecule has 0 spiro atoms. The molecule has 1 aromatic heterocycles. The highest BCUT2D eigenvalue weighted by Crippen LogP contribution is 2.37. The van der Waals surface area contributed by atoms with Crippen LogP contribution in [0.25, 0.3) is 0 Å². The van der Waals surface area contributed by atoms with Gasteiger partial charge in [-0.25, -0.2) is 4.79 Å². The first-order valence-corrected chi connectivity index (χ1v) is 11.6. The highest BCUT2D eigenvalue weighted by Gasteiger charge is 2.28. The number of amides is 4. The van der Waals surface area contributed by atoms with Gasteiger partial charge in [-0.2, -0.15) is 0 Å². The molecule has 0 radical (unpaired) electrons. The molecule has 1 fully saturated rings. The van der Waals surface area contributed by atoms with Crippen molar-refractivity contribution in [2.24, 2.45) is 0 Å². The van der Waals surface area contributed by atoms with Gasteiger partial charge in [0.1, 0.15) is 5.00 Å². The molecular weight excluding hydrogens is 515 g/mol. The van der Waals surface area contributed by atoms with Crippen LogP contribution in [-0.4, -0.2) is 42.4 Å². The van der Waals surface area contributed by atoms with Gasteiger partial charge in [0, 0.05) is 34.5 Å². The SMILES string of the molecule is CC(C)(C)c1cc(C(=O)N2CCNC(=O)CC2)c(NC(=O)Nc2ccccc2I)s1. The number of benzene rings is 1. The maximum absolute atomic E-state index is 13.2. The van der Waals surface area contributed by atoms with Gasteiger partial charge in [0.2, 0.25) is 5.91 Å². The first kappa shape index (κ1) is 22.5. The Morgan fingerprint density at radius 2 is 1.90 bits per heavy atom. The second kappa shape index (κ2) is 9.34. The fourth-order valence-corrected chi connectivity index (χ4v) is 4.60. The monoisotopic (exact) mass is 540 g/mol. The van der Waals surface area contributed by atoms with Crippen LogP contribution >= 0.6 is 33.9 Å². The molecule has 2 aromatic rings. The summed E-state index contributed by atoms with van der Waals surface area (Å²) in [7, 11) is 0. The summed E-state index contributed by atoms with van der Waals surface area (Å²) in [5.41, 5.74) is 0.992. The Morgan fingerprint density at radius 1 is 1.17 bits per heavy atom. The Bertz CT molecular complexity index is 967. The number of anilines is 2. The van der Waals surface area contributed by atoms with E-state index in [4.69, 9.17) is 0 Å². The van der Waals surface area contributed by atoms with Gasteiger partial charge in [-0.15, -0.1) is 11.3 Å². The van der Waals surface area contributed by atoms with Crippen molar-refractivity contribution in [3.05, 3.63) is 44.3 Å². The third kappa shape index (κ3) is 5.51. The number of halogens is 1. The van der Waals surface area contributed by atoms with Crippen LogP contribution in [0, 0.1) is 3.57 Å². The molecule has 9 heteroatoms. The number of nitrogens with one attached hydrogen (secondary N) is 3. The number of urea groups is 1. The Balaban J connectivity index is 1.84. The van der Waals surface area contributed by atoms with Crippen LogP contribution in [0.5, 0.6) is 0 Å². The summed E-state index contributed by atoms with van der Waals surface area (Å²) in [4.78, 5) is 40.2. The van der Waals surface area contributed by atoms with Crippen LogP contribution in [0.4, 0.5) is 15.5 Å². The van der Waals surface area contributed by atoms with E-state index < -0.39 is 6.03 Å². The van der Waals surface area contributed by atoms with E-state index in [1.807, 2.05) is 30.3 Å². The topological polar surface area (TPSA) is 90.5 Å². The zero-order chi connectivity index (χ0) is 21.9. The standard InChI is InChI=1S/C21H25IN4O3S/c1-21(2,3)16-12-13(19(28)26-10-8-17(27)23-9-11-26)18(30-16)25-20(29)24-15-7-5-4-6-14(15)22/h4-7,12H,8-11H2,1-3H3,(H,23,27)(H2,24,25,29). The fraction of sp³-hybridized carbons (Fsp3) is 0.381. The van der Waals surface area contributed by atoms with Gasteiger partial charge in [0.25, 0.3) is 5.91 Å². The third-order valence-electron chi connectivity index (χ3n) is 4.65. The first-order valence-electron chi connectivity index (χ1n) is 9.68. The molecule has 1 aliphatic rings. The second-order valence-corrected chi connectivity index (χ2v) is 10.3. The van der Waals surface area contributed by atoms with Gasteiger partial charge in [-0.1, -0.05) is 32.9 Å². The summed E-state index contributed by atoms with van der Waals surface area (Å²) >= 11 is 3.56. The van der Waals surface area contributed by atoms with Gasteiger partial charge in [0.05, 0.1) is 11.3 Å². The molecule has 30 heavy (non-hydrogen) atoms. The maximum atomic E-state index is 13.2. The minimum atomic E-state index is -0.400. The molecular formula is C21H25IN4O3S. The minimum Gasteiger partial charge on any atom is -0.354 e. The van der Waals surface area contributed by atoms with Crippen LogP contribution in [0.2, 0.25) is 0 Å². The fourth-order valence-electron chi connectivity index (χ4n) is 2.97. The van der Waals surface area contributed by atoms with Gasteiger partial charge in [0.15, 0.2) is 0 Å². The van der Waals surface area contributed by atoms with Crippen molar-refractivity contribution in [1.82, 2.24) is 10.2 Å². The van der Waals surface area contributed by atoms with Crippen molar-refractivity contribution in [2.75, 3.05) is 30.3 Å². The Morgan fingerprint density at radius 3 is 2.60 bits per heavy atom. The van der Waals surface area contributed by atoms with Gasteiger partial charge in [-0.3, -0.25) is 14.9 Å². The van der Waals surface area contributed by atoms with Crippen LogP contribution in [0.15, 0.2) is 30.3 Å². The molecule has 0 bridgehead atoms. The van der Waals surface area contributed by atoms with E-state index in [0.717, 1.165) is 8.45 Å². The molecule has 7 nitrogen and oxygen atoms in total. The van der Waals surface area contributed by atoms with Crippen molar-refractivity contribution in [2.45, 2.75) is 32.6 Å². The van der Waals surface area contributed by atoms with E-state index in [2.05, 4.69) is 59.3 Å². The molecule has 1 aliphatic heterocycles. The number of hydrogen-bond acceptors (Lipinski definition) is 4. The zero-order valence-electron chi connectivity index (χ0n) is 17.2. The highest BCUT2D eigenvalue weighted by atomic mass is 127. The number of carbonyl (C=O) groups excluding carboxylic acids is 3. The predicted molar refractivity (Wildman–Crippen MR) is 128 cm³/mol. The van der Waals surface area contributed by atoms with E-state index in [9.17, 15) is 14.4 Å². The summed E-state index contributed by atoms with van der Waals surface area (Å²) in [6.07, 6.45) is 0.275. The molecule has 1 aromatic carbocycles. The van der Waals surface area contributed by atoms with Gasteiger partial charge >= 0.3 is 6.03 Å². The molecule has 0 saturated carbocycles. The molecule has 0 aliphatic carbocycles. The number of thiophene rings is 1. The molecule has 0 unspecified atom stereocenters. The lowest BCUT2D eigenvalue weighted by atomic mass is 9.94. The van der Waals surface area contributed by atoms with Gasteiger partial charge < -0.3 is 15.5 Å². The van der Waals surface area contributed by atoms with Crippen LogP contribution in [0.1, 0.15) is 42.4 Å². The molecule has 4 amide bonds. The van der Waals surface area contributed by atoms with Crippen molar-refractivity contribution in [3.63, 3.8) is 0 Å². The highest BCUT2D eigenvalue weighted by molar-refractivity contribution is 14.1. The molecule has 160 valence electrons. The largest absolute Gasteiger partial charge is 0.354 e. The first-order chi connectivity index (χ1) is 14.1. The molecule has 3 rings (SSSR count). The Labute approximate surface area is 193 Å². The minimum absolute atomic E-state index is 0.0545. The summed E-state index contributed by atoms with van der Waals surface area (Å²) < 4.78 is 0.921. The average Bonchev–Trinajstić information content (AvgIpc) is 2.97. The third-order valence-corrected chi connectivity index (χ3v) is 7.07. The van der Waals surface area contributed by atoms with Crippen LogP contribution in [-0.2, 0) is 10.2 Å². The summed E-state index contributed by atoms with van der Waals surface area (Å²) in [6, 6.07) is 8.94. The molecule has 0 atom stereocenters. The number of carbonyl (C=O) groups is 3. The van der Waals surface area contributed by atoms with E-state index in [-0.39, 0.29) is 23.7 Å². The van der Waals surface area contributed by atoms with Crippen LogP contribution in [0.3, 0.4) is 0 Å². The Kier molecular flexibility index (Phi) is 7.02. The zero-order valence-corrected chi connectivity index (χ0v) is 20.1. The predicted octanol–water partition coefficient (Wildman–Crippen LogP) is 4.26. The lowest BCUT2D eigenvalue weighted by Crippen LogP contribution is -2.34. The number of nitrogens with zero attached hydrogens (tertiary/aromatic N) is 1. The summed E-state index contributed by atoms with van der Waals surface area (Å²) in [5, 5.41) is 8.99. The van der Waals surface area contributed by atoms with Crippen LogP contribution < -0.4 is 16.0 Å². The van der Waals surface area contributed by atoms with E-state index >= 15 is 0 Å². The quantitative estimate of drug-likeness (QED) is 0.509. The number of para-hydroxylation sites is 1. The number of rotatable bonds is 3. The van der Waals surface area contributed by atoms with Crippen molar-refractivity contribution < 1.29 is 14.4 Å².